The van der Waals surface area contributed by atoms with Crippen molar-refractivity contribution in [3.8, 4) is 0 Å². The van der Waals surface area contributed by atoms with Crippen LogP contribution in [0.25, 0.3) is 0 Å². The molecule has 0 fully saturated rings. The molecule has 6 nitrogen and oxygen atoms in total. The maximum Gasteiger partial charge on any atom is 0.306 e. The van der Waals surface area contributed by atoms with E-state index in [9.17, 15) is 14.4 Å². The molecule has 0 N–H and O–H groups in total. The predicted octanol–water partition coefficient (Wildman–Crippen LogP) is 18.2. The Hall–Kier alpha value is -1.59. The third kappa shape index (κ3) is 49.4. The van der Waals surface area contributed by atoms with E-state index in [0.29, 0.717) is 19.3 Å². The highest BCUT2D eigenvalue weighted by Gasteiger charge is 2.19. The first-order chi connectivity index (χ1) is 30.4. The number of carbonyl (C=O) groups excluding carboxylic acids is 3. The molecule has 0 aliphatic rings. The first-order valence-electron chi connectivity index (χ1n) is 27.9. The van der Waals surface area contributed by atoms with E-state index in [4.69, 9.17) is 14.2 Å². The van der Waals surface area contributed by atoms with Gasteiger partial charge in [-0.25, -0.2) is 0 Å². The molecular weight excluding hydrogens is 769 g/mol. The van der Waals surface area contributed by atoms with E-state index in [2.05, 4.69) is 27.7 Å². The fourth-order valence-corrected chi connectivity index (χ4v) is 8.57. The summed E-state index contributed by atoms with van der Waals surface area (Å²) >= 11 is 0. The van der Waals surface area contributed by atoms with Crippen molar-refractivity contribution >= 4 is 17.9 Å². The maximum atomic E-state index is 12.8. The van der Waals surface area contributed by atoms with Crippen molar-refractivity contribution in [1.29, 1.82) is 0 Å². The van der Waals surface area contributed by atoms with Crippen LogP contribution in [0.15, 0.2) is 0 Å². The normalized spacial score (nSPS) is 12.0. The molecule has 0 unspecified atom stereocenters. The summed E-state index contributed by atoms with van der Waals surface area (Å²) in [5.41, 5.74) is 0. The summed E-state index contributed by atoms with van der Waals surface area (Å²) in [5, 5.41) is 0. The Bertz CT molecular complexity index is 933. The molecule has 368 valence electrons. The summed E-state index contributed by atoms with van der Waals surface area (Å²) in [6.45, 7) is 9.04. The van der Waals surface area contributed by atoms with Crippen LogP contribution in [-0.4, -0.2) is 37.2 Å². The van der Waals surface area contributed by atoms with Gasteiger partial charge in [0.2, 0.25) is 0 Å². The van der Waals surface area contributed by atoms with Crippen molar-refractivity contribution in [3.63, 3.8) is 0 Å². The summed E-state index contributed by atoms with van der Waals surface area (Å²) in [6.07, 6.45) is 53.8. The highest BCUT2D eigenvalue weighted by Crippen LogP contribution is 2.18. The second-order valence-electron chi connectivity index (χ2n) is 19.7. The van der Waals surface area contributed by atoms with Crippen molar-refractivity contribution in [3.05, 3.63) is 0 Å². The zero-order valence-electron chi connectivity index (χ0n) is 42.3. The minimum absolute atomic E-state index is 0.0624. The van der Waals surface area contributed by atoms with Crippen LogP contribution in [0.4, 0.5) is 0 Å². The Morgan fingerprint density at radius 3 is 0.790 bits per heavy atom. The summed E-state index contributed by atoms with van der Waals surface area (Å²) in [7, 11) is 0. The van der Waals surface area contributed by atoms with Gasteiger partial charge >= 0.3 is 17.9 Å². The molecule has 0 heterocycles. The molecular formula is C56H108O6. The molecule has 62 heavy (non-hydrogen) atoms. The van der Waals surface area contributed by atoms with Gasteiger partial charge < -0.3 is 14.2 Å². The molecule has 0 spiro atoms. The van der Waals surface area contributed by atoms with Crippen molar-refractivity contribution in [2.45, 2.75) is 323 Å². The third-order valence-corrected chi connectivity index (χ3v) is 12.8. The molecule has 0 aromatic rings. The number of ether oxygens (including phenoxy) is 3. The van der Waals surface area contributed by atoms with E-state index in [-0.39, 0.29) is 31.1 Å². The van der Waals surface area contributed by atoms with Gasteiger partial charge in [0.25, 0.3) is 0 Å². The molecule has 0 rings (SSSR count). The lowest BCUT2D eigenvalue weighted by Gasteiger charge is -2.18. The number of esters is 3. The molecule has 0 aliphatic carbocycles. The van der Waals surface area contributed by atoms with E-state index in [0.717, 1.165) is 63.7 Å². The van der Waals surface area contributed by atoms with E-state index in [1.807, 2.05) is 0 Å². The number of hydrogen-bond acceptors (Lipinski definition) is 6. The van der Waals surface area contributed by atoms with Crippen LogP contribution in [0.2, 0.25) is 0 Å². The first-order valence-corrected chi connectivity index (χ1v) is 27.9. The second kappa shape index (κ2) is 50.4. The Morgan fingerprint density at radius 2 is 0.532 bits per heavy atom. The number of unbranched alkanes of at least 4 members (excludes halogenated alkanes) is 38. The minimum atomic E-state index is -0.761. The van der Waals surface area contributed by atoms with E-state index in [1.165, 1.54) is 212 Å². The summed E-state index contributed by atoms with van der Waals surface area (Å²) < 4.78 is 16.8. The Kier molecular flexibility index (Phi) is 49.1. The van der Waals surface area contributed by atoms with Crippen LogP contribution in [0.1, 0.15) is 317 Å². The van der Waals surface area contributed by atoms with E-state index in [1.54, 1.807) is 0 Å². The van der Waals surface area contributed by atoms with Crippen LogP contribution >= 0.6 is 0 Å². The fourth-order valence-electron chi connectivity index (χ4n) is 8.57. The lowest BCUT2D eigenvalue weighted by molar-refractivity contribution is -0.167. The van der Waals surface area contributed by atoms with Gasteiger partial charge in [0.1, 0.15) is 13.2 Å². The molecule has 0 aromatic heterocycles. The third-order valence-electron chi connectivity index (χ3n) is 12.8. The molecule has 0 aliphatic heterocycles. The summed E-state index contributed by atoms with van der Waals surface area (Å²) in [4.78, 5) is 38.0. The van der Waals surface area contributed by atoms with Gasteiger partial charge in [-0.2, -0.15) is 0 Å². The molecule has 0 aromatic carbocycles. The van der Waals surface area contributed by atoms with Crippen LogP contribution in [0.3, 0.4) is 0 Å². The SMILES string of the molecule is CCCCCCCCCCCCCCCCCCCCC(=O)O[C@@H](COC(=O)CCCCCCCCCCCCC)COC(=O)CCCCCCCCCCCCCCC(C)C. The largest absolute Gasteiger partial charge is 0.462 e. The van der Waals surface area contributed by atoms with E-state index >= 15 is 0 Å². The number of rotatable bonds is 51. The van der Waals surface area contributed by atoms with Gasteiger partial charge in [0.05, 0.1) is 0 Å². The lowest BCUT2D eigenvalue weighted by Crippen LogP contribution is -2.30. The van der Waals surface area contributed by atoms with Crippen molar-refractivity contribution < 1.29 is 28.6 Å². The molecule has 6 heteroatoms. The van der Waals surface area contributed by atoms with Gasteiger partial charge in [0, 0.05) is 19.3 Å². The molecule has 0 saturated carbocycles. The Balaban J connectivity index is 4.27. The van der Waals surface area contributed by atoms with Gasteiger partial charge in [-0.1, -0.05) is 278 Å². The molecule has 0 saturated heterocycles. The van der Waals surface area contributed by atoms with Crippen LogP contribution in [0, 0.1) is 5.92 Å². The average molecular weight is 877 g/mol. The number of carbonyl (C=O) groups is 3. The molecule has 0 amide bonds. The minimum Gasteiger partial charge on any atom is -0.462 e. The smallest absolute Gasteiger partial charge is 0.306 e. The summed E-state index contributed by atoms with van der Waals surface area (Å²) in [6, 6.07) is 0. The monoisotopic (exact) mass is 877 g/mol. The van der Waals surface area contributed by atoms with Crippen molar-refractivity contribution in [1.82, 2.24) is 0 Å². The molecule has 0 radical (unpaired) electrons. The topological polar surface area (TPSA) is 78.9 Å². The van der Waals surface area contributed by atoms with Crippen LogP contribution in [0.5, 0.6) is 0 Å². The van der Waals surface area contributed by atoms with Gasteiger partial charge in [-0.15, -0.1) is 0 Å². The van der Waals surface area contributed by atoms with Gasteiger partial charge in [-0.3, -0.25) is 14.4 Å². The zero-order valence-corrected chi connectivity index (χ0v) is 42.3. The van der Waals surface area contributed by atoms with Crippen molar-refractivity contribution in [2.75, 3.05) is 13.2 Å². The first kappa shape index (κ1) is 60.4. The highest BCUT2D eigenvalue weighted by molar-refractivity contribution is 5.71. The maximum absolute atomic E-state index is 12.8. The average Bonchev–Trinajstić information content (AvgIpc) is 3.26. The van der Waals surface area contributed by atoms with Crippen LogP contribution in [-0.2, 0) is 28.6 Å². The predicted molar refractivity (Wildman–Crippen MR) is 266 cm³/mol. The summed E-state index contributed by atoms with van der Waals surface area (Å²) in [5.74, 6) is -0.00565. The van der Waals surface area contributed by atoms with Gasteiger partial charge in [0.15, 0.2) is 6.10 Å². The molecule has 0 bridgehead atoms. The zero-order chi connectivity index (χ0) is 45.2. The van der Waals surface area contributed by atoms with E-state index < -0.39 is 6.10 Å². The quantitative estimate of drug-likeness (QED) is 0.0344. The highest BCUT2D eigenvalue weighted by atomic mass is 16.6. The Morgan fingerprint density at radius 1 is 0.306 bits per heavy atom. The van der Waals surface area contributed by atoms with Gasteiger partial charge in [-0.05, 0) is 25.2 Å². The second-order valence-corrected chi connectivity index (χ2v) is 19.7. The molecule has 1 atom stereocenters. The van der Waals surface area contributed by atoms with Crippen molar-refractivity contribution in [2.24, 2.45) is 5.92 Å². The fraction of sp³-hybridized carbons (Fsp3) is 0.946. The van der Waals surface area contributed by atoms with Crippen LogP contribution < -0.4 is 0 Å². The number of hydrogen-bond donors (Lipinski definition) is 0. The Labute approximate surface area is 387 Å². The lowest BCUT2D eigenvalue weighted by atomic mass is 10.0. The standard InChI is InChI=1S/C56H108O6/c1-5-7-9-11-13-15-17-18-19-20-21-22-23-29-33-37-41-45-49-56(59)62-53(50-60-54(57)47-43-39-35-31-26-16-14-12-10-8-6-2)51-61-55(58)48-44-40-36-32-28-25-24-27-30-34-38-42-46-52(3)4/h52-53H,5-51H2,1-4H3/t53-/m0/s1.